The molecule has 1 aromatic carbocycles. The molecule has 2 nitrogen and oxygen atoms in total. The minimum absolute atomic E-state index is 0.0358. The van der Waals surface area contributed by atoms with E-state index in [-0.39, 0.29) is 23.7 Å². The van der Waals surface area contributed by atoms with Gasteiger partial charge in [0.2, 0.25) is 0 Å². The molecule has 3 N–H and O–H groups in total. The van der Waals surface area contributed by atoms with E-state index in [0.717, 1.165) is 0 Å². The Balaban J connectivity index is 2.88. The molecular formula is C9H11ClFNO. The number of hydrogen-bond acceptors (Lipinski definition) is 2. The summed E-state index contributed by atoms with van der Waals surface area (Å²) in [5.41, 5.74) is 5.59. The lowest BCUT2D eigenvalue weighted by molar-refractivity contribution is 0.327. The fraction of sp³-hybridized carbons (Fsp3) is 0.333. The molecule has 1 aromatic rings. The SMILES string of the molecule is NCCC(F)c1ccc(O)cc1Cl. The molecule has 0 saturated heterocycles. The largest absolute Gasteiger partial charge is 0.508 e. The molecule has 0 bridgehead atoms. The summed E-state index contributed by atoms with van der Waals surface area (Å²) in [7, 11) is 0. The van der Waals surface area contributed by atoms with Crippen LogP contribution in [-0.4, -0.2) is 11.7 Å². The number of halogens is 2. The Morgan fingerprint density at radius 3 is 2.77 bits per heavy atom. The van der Waals surface area contributed by atoms with Gasteiger partial charge in [-0.3, -0.25) is 0 Å². The van der Waals surface area contributed by atoms with Crippen molar-refractivity contribution in [3.63, 3.8) is 0 Å². The fourth-order valence-corrected chi connectivity index (χ4v) is 1.37. The smallest absolute Gasteiger partial charge is 0.128 e. The van der Waals surface area contributed by atoms with Crippen LogP contribution in [0.25, 0.3) is 0 Å². The van der Waals surface area contributed by atoms with Gasteiger partial charge in [-0.05, 0) is 25.1 Å². The molecule has 0 spiro atoms. The summed E-state index contributed by atoms with van der Waals surface area (Å²) in [6.45, 7) is 0.276. The van der Waals surface area contributed by atoms with E-state index in [1.807, 2.05) is 0 Å². The van der Waals surface area contributed by atoms with E-state index in [9.17, 15) is 4.39 Å². The Labute approximate surface area is 81.1 Å². The van der Waals surface area contributed by atoms with Gasteiger partial charge < -0.3 is 10.8 Å². The van der Waals surface area contributed by atoms with E-state index in [0.29, 0.717) is 5.56 Å². The maximum Gasteiger partial charge on any atom is 0.128 e. The van der Waals surface area contributed by atoms with Gasteiger partial charge >= 0.3 is 0 Å². The zero-order chi connectivity index (χ0) is 9.84. The van der Waals surface area contributed by atoms with Gasteiger partial charge in [-0.1, -0.05) is 17.7 Å². The first-order valence-electron chi connectivity index (χ1n) is 3.97. The van der Waals surface area contributed by atoms with Crippen molar-refractivity contribution in [2.24, 2.45) is 5.73 Å². The van der Waals surface area contributed by atoms with Gasteiger partial charge in [0, 0.05) is 5.56 Å². The third-order valence-corrected chi connectivity index (χ3v) is 2.07. The Bertz CT molecular complexity index is 293. The molecule has 1 atom stereocenters. The average molecular weight is 204 g/mol. The van der Waals surface area contributed by atoms with Crippen molar-refractivity contribution in [3.8, 4) is 5.75 Å². The number of nitrogens with two attached hydrogens (primary N) is 1. The van der Waals surface area contributed by atoms with E-state index in [1.165, 1.54) is 18.2 Å². The van der Waals surface area contributed by atoms with Crippen LogP contribution in [-0.2, 0) is 0 Å². The van der Waals surface area contributed by atoms with E-state index in [2.05, 4.69) is 0 Å². The molecule has 0 fully saturated rings. The first kappa shape index (κ1) is 10.3. The molecule has 0 aliphatic rings. The summed E-state index contributed by atoms with van der Waals surface area (Å²) in [6, 6.07) is 4.20. The second-order valence-corrected chi connectivity index (χ2v) is 3.16. The normalized spacial score (nSPS) is 12.8. The maximum atomic E-state index is 13.3. The second-order valence-electron chi connectivity index (χ2n) is 2.75. The van der Waals surface area contributed by atoms with Crippen molar-refractivity contribution >= 4 is 11.6 Å². The van der Waals surface area contributed by atoms with Crippen molar-refractivity contribution in [3.05, 3.63) is 28.8 Å². The molecule has 0 aliphatic carbocycles. The minimum Gasteiger partial charge on any atom is -0.508 e. The highest BCUT2D eigenvalue weighted by atomic mass is 35.5. The number of benzene rings is 1. The third-order valence-electron chi connectivity index (χ3n) is 1.74. The first-order valence-corrected chi connectivity index (χ1v) is 4.35. The third kappa shape index (κ3) is 2.57. The molecule has 0 aliphatic heterocycles. The van der Waals surface area contributed by atoms with Gasteiger partial charge in [0.05, 0.1) is 5.02 Å². The topological polar surface area (TPSA) is 46.2 Å². The molecule has 13 heavy (non-hydrogen) atoms. The van der Waals surface area contributed by atoms with Gasteiger partial charge in [-0.2, -0.15) is 0 Å². The number of hydrogen-bond donors (Lipinski definition) is 2. The van der Waals surface area contributed by atoms with E-state index in [1.54, 1.807) is 0 Å². The number of phenolic OH excluding ortho intramolecular Hbond substituents is 1. The van der Waals surface area contributed by atoms with Gasteiger partial charge in [0.25, 0.3) is 0 Å². The summed E-state index contributed by atoms with van der Waals surface area (Å²) in [6.07, 6.45) is -0.914. The molecule has 1 rings (SSSR count). The van der Waals surface area contributed by atoms with Crippen molar-refractivity contribution in [2.75, 3.05) is 6.54 Å². The summed E-state index contributed by atoms with van der Waals surface area (Å²) >= 11 is 5.72. The molecule has 0 heterocycles. The molecule has 72 valence electrons. The lowest BCUT2D eigenvalue weighted by atomic mass is 10.1. The molecule has 0 saturated carbocycles. The summed E-state index contributed by atoms with van der Waals surface area (Å²) < 4.78 is 13.3. The highest BCUT2D eigenvalue weighted by molar-refractivity contribution is 6.31. The predicted octanol–water partition coefficient (Wildman–Crippen LogP) is 2.41. The number of alkyl halides is 1. The maximum absolute atomic E-state index is 13.3. The van der Waals surface area contributed by atoms with Crippen LogP contribution in [0.2, 0.25) is 5.02 Å². The van der Waals surface area contributed by atoms with Crippen LogP contribution in [0.15, 0.2) is 18.2 Å². The summed E-state index contributed by atoms with van der Waals surface area (Å²) in [5.74, 6) is 0.0358. The van der Waals surface area contributed by atoms with Crippen LogP contribution in [0.3, 0.4) is 0 Å². The monoisotopic (exact) mass is 203 g/mol. The lowest BCUT2D eigenvalue weighted by Gasteiger charge is -2.08. The van der Waals surface area contributed by atoms with E-state index >= 15 is 0 Å². The first-order chi connectivity index (χ1) is 6.15. The minimum atomic E-state index is -1.15. The zero-order valence-corrected chi connectivity index (χ0v) is 7.76. The molecule has 4 heteroatoms. The standard InChI is InChI=1S/C9H11ClFNO/c10-8-5-6(13)1-2-7(8)9(11)3-4-12/h1-2,5,9,13H,3-4,12H2. The molecule has 0 radical (unpaired) electrons. The summed E-state index contributed by atoms with van der Waals surface area (Å²) in [4.78, 5) is 0. The Morgan fingerprint density at radius 1 is 1.54 bits per heavy atom. The van der Waals surface area contributed by atoms with Crippen LogP contribution in [0.1, 0.15) is 18.2 Å². The van der Waals surface area contributed by atoms with E-state index in [4.69, 9.17) is 22.4 Å². The van der Waals surface area contributed by atoms with Crippen molar-refractivity contribution in [2.45, 2.75) is 12.6 Å². The van der Waals surface area contributed by atoms with Gasteiger partial charge in [-0.15, -0.1) is 0 Å². The number of phenols is 1. The van der Waals surface area contributed by atoms with Crippen LogP contribution >= 0.6 is 11.6 Å². The Hall–Kier alpha value is -0.800. The van der Waals surface area contributed by atoms with Crippen molar-refractivity contribution in [1.82, 2.24) is 0 Å². The molecule has 0 aromatic heterocycles. The highest BCUT2D eigenvalue weighted by Crippen LogP contribution is 2.30. The highest BCUT2D eigenvalue weighted by Gasteiger charge is 2.12. The van der Waals surface area contributed by atoms with Crippen LogP contribution < -0.4 is 5.73 Å². The number of aromatic hydroxyl groups is 1. The number of rotatable bonds is 3. The average Bonchev–Trinajstić information content (AvgIpc) is 2.04. The van der Waals surface area contributed by atoms with Crippen LogP contribution in [0.4, 0.5) is 4.39 Å². The quantitative estimate of drug-likeness (QED) is 0.793. The molecular weight excluding hydrogens is 193 g/mol. The van der Waals surface area contributed by atoms with Gasteiger partial charge in [0.1, 0.15) is 11.9 Å². The van der Waals surface area contributed by atoms with Crippen LogP contribution in [0, 0.1) is 0 Å². The molecule has 1 unspecified atom stereocenters. The Kier molecular flexibility index (Phi) is 3.51. The summed E-state index contributed by atoms with van der Waals surface area (Å²) in [5, 5.41) is 9.25. The lowest BCUT2D eigenvalue weighted by Crippen LogP contribution is -2.03. The van der Waals surface area contributed by atoms with Crippen molar-refractivity contribution in [1.29, 1.82) is 0 Å². The second kappa shape index (κ2) is 4.44. The van der Waals surface area contributed by atoms with Gasteiger partial charge in [0.15, 0.2) is 0 Å². The van der Waals surface area contributed by atoms with Gasteiger partial charge in [-0.25, -0.2) is 4.39 Å². The fourth-order valence-electron chi connectivity index (χ4n) is 1.07. The van der Waals surface area contributed by atoms with Crippen molar-refractivity contribution < 1.29 is 9.50 Å². The Morgan fingerprint density at radius 2 is 2.23 bits per heavy atom. The van der Waals surface area contributed by atoms with E-state index < -0.39 is 6.17 Å². The molecule has 0 amide bonds. The predicted molar refractivity (Wildman–Crippen MR) is 50.6 cm³/mol. The zero-order valence-electron chi connectivity index (χ0n) is 7.00. The van der Waals surface area contributed by atoms with Crippen LogP contribution in [0.5, 0.6) is 5.75 Å².